The lowest BCUT2D eigenvalue weighted by molar-refractivity contribution is -0.140. The third-order valence-corrected chi connectivity index (χ3v) is 3.80. The van der Waals surface area contributed by atoms with E-state index >= 15 is 0 Å². The van der Waals surface area contributed by atoms with Crippen molar-refractivity contribution in [2.75, 3.05) is 0 Å². The molecule has 0 bridgehead atoms. The van der Waals surface area contributed by atoms with Gasteiger partial charge in [-0.3, -0.25) is 0 Å². The van der Waals surface area contributed by atoms with Gasteiger partial charge in [0, 0.05) is 23.4 Å². The summed E-state index contributed by atoms with van der Waals surface area (Å²) in [5.41, 5.74) is 3.66. The Kier molecular flexibility index (Phi) is 3.16. The fraction of sp³-hybridized carbons (Fsp3) is 0.0556. The van der Waals surface area contributed by atoms with Crippen molar-refractivity contribution in [1.82, 2.24) is 4.98 Å². The quantitative estimate of drug-likeness (QED) is 0.561. The number of fused-ring (bicyclic) bond motifs is 2. The van der Waals surface area contributed by atoms with E-state index in [2.05, 4.69) is 15.1 Å². The normalized spacial score (nSPS) is 14.7. The molecule has 2 N–H and O–H groups in total. The summed E-state index contributed by atoms with van der Waals surface area (Å²) in [6.45, 7) is 1.28. The Morgan fingerprint density at radius 3 is 2.75 bits per heavy atom. The van der Waals surface area contributed by atoms with Crippen molar-refractivity contribution in [3.05, 3.63) is 59.7 Å². The topological polar surface area (TPSA) is 87.0 Å². The van der Waals surface area contributed by atoms with Gasteiger partial charge in [-0.05, 0) is 12.1 Å². The average Bonchev–Trinajstić information content (AvgIpc) is 3.09. The van der Waals surface area contributed by atoms with Gasteiger partial charge in [0.05, 0.1) is 11.3 Å². The molecule has 6 heteroatoms. The summed E-state index contributed by atoms with van der Waals surface area (Å²) < 4.78 is 0. The van der Waals surface area contributed by atoms with Crippen molar-refractivity contribution in [3.8, 4) is 5.88 Å². The summed E-state index contributed by atoms with van der Waals surface area (Å²) in [5, 5.41) is 15.1. The number of nitrogens with zero attached hydrogens (tertiary/aromatic N) is 2. The van der Waals surface area contributed by atoms with Gasteiger partial charge >= 0.3 is 5.97 Å². The van der Waals surface area contributed by atoms with Crippen molar-refractivity contribution < 1.29 is 14.7 Å². The molecular weight excluding hydrogens is 306 g/mol. The van der Waals surface area contributed by atoms with Crippen LogP contribution in [-0.2, 0) is 9.63 Å². The number of carbonyl (C=O) groups excluding carboxylic acids is 1. The van der Waals surface area contributed by atoms with Crippen molar-refractivity contribution in [2.45, 2.75) is 6.92 Å². The van der Waals surface area contributed by atoms with E-state index in [0.717, 1.165) is 16.5 Å². The fourth-order valence-corrected chi connectivity index (χ4v) is 2.82. The Hall–Kier alpha value is -3.41. The molecule has 1 aliphatic rings. The maximum absolute atomic E-state index is 11.2. The van der Waals surface area contributed by atoms with Crippen LogP contribution in [0.2, 0.25) is 0 Å². The molecule has 4 rings (SSSR count). The Balaban J connectivity index is 1.94. The molecule has 1 aromatic heterocycles. The van der Waals surface area contributed by atoms with E-state index in [-0.39, 0.29) is 5.88 Å². The Morgan fingerprint density at radius 2 is 1.92 bits per heavy atom. The van der Waals surface area contributed by atoms with E-state index in [1.807, 2.05) is 48.5 Å². The van der Waals surface area contributed by atoms with Crippen molar-refractivity contribution >= 4 is 34.0 Å². The first kappa shape index (κ1) is 14.2. The lowest BCUT2D eigenvalue weighted by Gasteiger charge is -2.03. The van der Waals surface area contributed by atoms with Gasteiger partial charge in [-0.2, -0.15) is 0 Å². The second-order valence-electron chi connectivity index (χ2n) is 5.39. The molecule has 24 heavy (non-hydrogen) atoms. The number of oxime groups is 1. The number of carbonyl (C=O) groups is 1. The maximum atomic E-state index is 11.2. The summed E-state index contributed by atoms with van der Waals surface area (Å²) in [4.78, 5) is 23.5. The smallest absolute Gasteiger partial charge is 0.332 e. The van der Waals surface area contributed by atoms with Crippen LogP contribution in [0.3, 0.4) is 0 Å². The van der Waals surface area contributed by atoms with Crippen LogP contribution >= 0.6 is 0 Å². The van der Waals surface area contributed by atoms with Gasteiger partial charge in [0.2, 0.25) is 0 Å². The van der Waals surface area contributed by atoms with Crippen LogP contribution in [0.25, 0.3) is 10.9 Å². The van der Waals surface area contributed by atoms with Crippen LogP contribution < -0.4 is 0 Å². The van der Waals surface area contributed by atoms with Crippen molar-refractivity contribution in [2.24, 2.45) is 10.1 Å². The summed E-state index contributed by atoms with van der Waals surface area (Å²) in [7, 11) is 0. The molecule has 1 aliphatic heterocycles. The predicted octanol–water partition coefficient (Wildman–Crippen LogP) is 3.28. The molecule has 0 amide bonds. The Labute approximate surface area is 137 Å². The van der Waals surface area contributed by atoms with E-state index in [4.69, 9.17) is 4.84 Å². The van der Waals surface area contributed by atoms with Gasteiger partial charge in [-0.15, -0.1) is 0 Å². The minimum Gasteiger partial charge on any atom is -0.494 e. The van der Waals surface area contributed by atoms with Gasteiger partial charge < -0.3 is 14.9 Å². The second kappa shape index (κ2) is 5.34. The predicted molar refractivity (Wildman–Crippen MR) is 90.9 cm³/mol. The van der Waals surface area contributed by atoms with Crippen LogP contribution in [0, 0.1) is 0 Å². The van der Waals surface area contributed by atoms with E-state index < -0.39 is 5.97 Å². The van der Waals surface area contributed by atoms with Gasteiger partial charge in [0.1, 0.15) is 11.4 Å². The highest BCUT2D eigenvalue weighted by atomic mass is 16.7. The number of aromatic nitrogens is 1. The highest BCUT2D eigenvalue weighted by molar-refractivity contribution is 6.58. The highest BCUT2D eigenvalue weighted by Crippen LogP contribution is 2.35. The molecule has 0 saturated heterocycles. The van der Waals surface area contributed by atoms with E-state index in [1.165, 1.54) is 6.92 Å². The summed E-state index contributed by atoms with van der Waals surface area (Å²) in [5.74, 6) is -0.521. The monoisotopic (exact) mass is 319 g/mol. The largest absolute Gasteiger partial charge is 0.494 e. The van der Waals surface area contributed by atoms with Crippen LogP contribution in [0.1, 0.15) is 18.1 Å². The number of benzene rings is 2. The summed E-state index contributed by atoms with van der Waals surface area (Å²) in [6.07, 6.45) is 0. The number of aromatic amines is 1. The van der Waals surface area contributed by atoms with Crippen LogP contribution in [0.5, 0.6) is 5.88 Å². The highest BCUT2D eigenvalue weighted by Gasteiger charge is 2.29. The third kappa shape index (κ3) is 2.16. The molecule has 0 saturated carbocycles. The van der Waals surface area contributed by atoms with Crippen molar-refractivity contribution in [3.63, 3.8) is 0 Å². The minimum absolute atomic E-state index is 0.00159. The fourth-order valence-electron chi connectivity index (χ4n) is 2.82. The zero-order valence-corrected chi connectivity index (χ0v) is 12.8. The van der Waals surface area contributed by atoms with Crippen LogP contribution in [-0.4, -0.2) is 27.5 Å². The summed E-state index contributed by atoms with van der Waals surface area (Å²) in [6, 6.07) is 14.9. The SMILES string of the molecule is CC(=O)O/N=C1/C(c2c(O)[nH]c3ccccc23)=Nc2ccccc21. The molecule has 0 atom stereocenters. The molecule has 0 radical (unpaired) electrons. The van der Waals surface area contributed by atoms with Crippen LogP contribution in [0.4, 0.5) is 5.69 Å². The maximum Gasteiger partial charge on any atom is 0.332 e. The lowest BCUT2D eigenvalue weighted by atomic mass is 10.0. The van der Waals surface area contributed by atoms with E-state index in [0.29, 0.717) is 22.7 Å². The third-order valence-electron chi connectivity index (χ3n) is 3.80. The van der Waals surface area contributed by atoms with Crippen LogP contribution in [0.15, 0.2) is 58.7 Å². The molecule has 0 aliphatic carbocycles. The number of hydrogen-bond donors (Lipinski definition) is 2. The van der Waals surface area contributed by atoms with Gasteiger partial charge in [-0.25, -0.2) is 9.79 Å². The molecule has 0 spiro atoms. The van der Waals surface area contributed by atoms with Gasteiger partial charge in [0.15, 0.2) is 5.88 Å². The number of aromatic hydroxyl groups is 1. The number of nitrogens with one attached hydrogen (secondary N) is 1. The molecule has 6 nitrogen and oxygen atoms in total. The number of H-pyrrole nitrogens is 1. The van der Waals surface area contributed by atoms with Gasteiger partial charge in [0.25, 0.3) is 0 Å². The molecule has 3 aromatic rings. The molecule has 0 fully saturated rings. The molecule has 2 aromatic carbocycles. The zero-order chi connectivity index (χ0) is 16.7. The number of para-hydroxylation sites is 2. The Bertz CT molecular complexity index is 1030. The Morgan fingerprint density at radius 1 is 1.17 bits per heavy atom. The molecule has 118 valence electrons. The average molecular weight is 319 g/mol. The molecule has 0 unspecified atom stereocenters. The molecular formula is C18H13N3O3. The van der Waals surface area contributed by atoms with Crippen molar-refractivity contribution in [1.29, 1.82) is 0 Å². The number of hydrogen-bond acceptors (Lipinski definition) is 5. The number of rotatable bonds is 2. The summed E-state index contributed by atoms with van der Waals surface area (Å²) >= 11 is 0. The first-order valence-corrected chi connectivity index (χ1v) is 7.39. The molecule has 2 heterocycles. The minimum atomic E-state index is -0.519. The van der Waals surface area contributed by atoms with E-state index in [9.17, 15) is 9.90 Å². The standard InChI is InChI=1S/C18H13N3O3/c1-10(22)24-21-16-12-7-3-5-9-14(12)19-17(16)15-11-6-2-4-8-13(11)20-18(15)23/h2-9,20,23H,1H3/b21-16+. The lowest BCUT2D eigenvalue weighted by Crippen LogP contribution is -2.14. The number of aliphatic imine (C=N–C) groups is 1. The first-order valence-electron chi connectivity index (χ1n) is 7.39. The first-order chi connectivity index (χ1) is 11.6. The van der Waals surface area contributed by atoms with Gasteiger partial charge in [-0.1, -0.05) is 41.6 Å². The zero-order valence-electron chi connectivity index (χ0n) is 12.8. The second-order valence-corrected chi connectivity index (χ2v) is 5.39. The van der Waals surface area contributed by atoms with E-state index in [1.54, 1.807) is 0 Å².